The Kier molecular flexibility index (Phi) is 5.40. The lowest BCUT2D eigenvalue weighted by Crippen LogP contribution is -2.42. The summed E-state index contributed by atoms with van der Waals surface area (Å²) in [6.07, 6.45) is -0.139. The van der Waals surface area contributed by atoms with Crippen molar-refractivity contribution in [3.63, 3.8) is 0 Å². The molecule has 0 saturated carbocycles. The minimum atomic E-state index is -4.41. The first-order valence-electron chi connectivity index (χ1n) is 5.39. The Bertz CT molecular complexity index is 516. The van der Waals surface area contributed by atoms with E-state index in [-0.39, 0.29) is 22.5 Å². The zero-order chi connectivity index (χ0) is 15.5. The van der Waals surface area contributed by atoms with E-state index in [0.717, 1.165) is 11.3 Å². The molecule has 2 amide bonds. The number of aromatic nitrogens is 1. The van der Waals surface area contributed by atoms with E-state index in [2.05, 4.69) is 10.3 Å². The van der Waals surface area contributed by atoms with E-state index < -0.39 is 23.4 Å². The first-order valence-corrected chi connectivity index (χ1v) is 7.02. The summed E-state index contributed by atoms with van der Waals surface area (Å²) < 4.78 is 36.4. The summed E-state index contributed by atoms with van der Waals surface area (Å²) >= 11 is 0.488. The van der Waals surface area contributed by atoms with Gasteiger partial charge in [-0.05, 0) is 13.8 Å². The summed E-state index contributed by atoms with van der Waals surface area (Å²) in [6, 6.07) is -0.834. The lowest BCUT2D eigenvalue weighted by atomic mass is 10.2. The summed E-state index contributed by atoms with van der Waals surface area (Å²) in [4.78, 5) is 26.6. The number of carbonyl (C=O) groups is 2. The molecule has 0 aliphatic heterocycles. The number of hydrogen-bond donors (Lipinski definition) is 2. The van der Waals surface area contributed by atoms with Crippen LogP contribution in [0.3, 0.4) is 0 Å². The molecule has 0 aromatic carbocycles. The van der Waals surface area contributed by atoms with Crippen LogP contribution >= 0.6 is 23.1 Å². The molecule has 0 radical (unpaired) electrons. The number of thiazole rings is 1. The molecule has 0 aliphatic rings. The van der Waals surface area contributed by atoms with Gasteiger partial charge in [-0.1, -0.05) is 0 Å². The Labute approximate surface area is 121 Å². The maximum atomic E-state index is 12.2. The highest BCUT2D eigenvalue weighted by Crippen LogP contribution is 2.39. The molecule has 0 spiro atoms. The molecule has 1 aromatic rings. The molecule has 0 fully saturated rings. The number of thioether (sulfide) groups is 1. The highest BCUT2D eigenvalue weighted by Gasteiger charge is 2.31. The molecular weight excluding hydrogens is 315 g/mol. The number of primary amides is 1. The first-order chi connectivity index (χ1) is 9.08. The molecule has 1 atom stereocenters. The van der Waals surface area contributed by atoms with Gasteiger partial charge in [0.05, 0.1) is 12.1 Å². The average molecular weight is 327 g/mol. The second kappa shape index (κ2) is 6.44. The van der Waals surface area contributed by atoms with Gasteiger partial charge in [-0.25, -0.2) is 4.98 Å². The van der Waals surface area contributed by atoms with Crippen molar-refractivity contribution >= 4 is 34.9 Å². The third-order valence-corrected chi connectivity index (χ3v) is 4.15. The summed E-state index contributed by atoms with van der Waals surface area (Å²) in [5.41, 5.74) is 0.941. The number of halogens is 3. The van der Waals surface area contributed by atoms with Crippen LogP contribution in [0, 0.1) is 6.92 Å². The molecule has 0 unspecified atom stereocenters. The molecule has 0 aliphatic carbocycles. The van der Waals surface area contributed by atoms with Gasteiger partial charge in [0.2, 0.25) is 11.8 Å². The zero-order valence-electron chi connectivity index (χ0n) is 10.6. The van der Waals surface area contributed by atoms with Crippen LogP contribution < -0.4 is 11.1 Å². The van der Waals surface area contributed by atoms with E-state index in [1.54, 1.807) is 0 Å². The number of carbonyl (C=O) groups excluding carboxylic acids is 2. The maximum absolute atomic E-state index is 12.2. The van der Waals surface area contributed by atoms with Crippen LogP contribution in [0.2, 0.25) is 0 Å². The second-order valence-corrected chi connectivity index (χ2v) is 6.30. The minimum Gasteiger partial charge on any atom is -0.368 e. The molecule has 10 heteroatoms. The fourth-order valence-electron chi connectivity index (χ4n) is 1.22. The molecule has 1 heterocycles. The Morgan fingerprint density at radius 2 is 2.10 bits per heavy atom. The number of hydrogen-bond acceptors (Lipinski definition) is 5. The summed E-state index contributed by atoms with van der Waals surface area (Å²) in [5, 5.41) is 2.35. The summed E-state index contributed by atoms with van der Waals surface area (Å²) in [5.74, 6) is -1.18. The van der Waals surface area contributed by atoms with Crippen molar-refractivity contribution in [2.24, 2.45) is 5.73 Å². The Morgan fingerprint density at radius 1 is 1.50 bits per heavy atom. The lowest BCUT2D eigenvalue weighted by molar-refractivity contribution is -0.126. The van der Waals surface area contributed by atoms with E-state index in [1.807, 2.05) is 0 Å². The molecule has 5 nitrogen and oxygen atoms in total. The van der Waals surface area contributed by atoms with Crippen LogP contribution in [0.5, 0.6) is 0 Å². The third-order valence-electron chi connectivity index (χ3n) is 2.20. The van der Waals surface area contributed by atoms with E-state index in [4.69, 9.17) is 5.73 Å². The van der Waals surface area contributed by atoms with Crippen molar-refractivity contribution in [3.8, 4) is 0 Å². The van der Waals surface area contributed by atoms with Gasteiger partial charge in [0.1, 0.15) is 6.04 Å². The Balaban J connectivity index is 2.69. The van der Waals surface area contributed by atoms with Gasteiger partial charge in [0.15, 0.2) is 4.34 Å². The van der Waals surface area contributed by atoms with Crippen molar-refractivity contribution in [1.29, 1.82) is 0 Å². The highest BCUT2D eigenvalue weighted by atomic mass is 32.2. The molecular formula is C10H12F3N3O2S2. The van der Waals surface area contributed by atoms with Crippen LogP contribution in [0.25, 0.3) is 0 Å². The molecule has 0 bridgehead atoms. The lowest BCUT2D eigenvalue weighted by Gasteiger charge is -2.09. The zero-order valence-corrected chi connectivity index (χ0v) is 12.2. The van der Waals surface area contributed by atoms with Crippen molar-refractivity contribution in [1.82, 2.24) is 10.3 Å². The molecule has 1 rings (SSSR count). The summed E-state index contributed by atoms with van der Waals surface area (Å²) in [7, 11) is 0. The molecule has 0 saturated heterocycles. The van der Waals surface area contributed by atoms with Gasteiger partial charge in [-0.15, -0.1) is 11.3 Å². The Morgan fingerprint density at radius 3 is 2.60 bits per heavy atom. The fraction of sp³-hybridized carbons (Fsp3) is 0.500. The van der Waals surface area contributed by atoms with Gasteiger partial charge in [-0.2, -0.15) is 13.2 Å². The van der Waals surface area contributed by atoms with Gasteiger partial charge in [0.25, 0.3) is 0 Å². The predicted octanol–water partition coefficient (Wildman–Crippen LogP) is 1.60. The second-order valence-electron chi connectivity index (χ2n) is 3.90. The SMILES string of the molecule is Cc1nc(SC(F)(F)F)sc1CC(=O)N[C@@H](C)C(N)=O. The molecule has 3 N–H and O–H groups in total. The van der Waals surface area contributed by atoms with Crippen molar-refractivity contribution < 1.29 is 22.8 Å². The van der Waals surface area contributed by atoms with Crippen molar-refractivity contribution in [3.05, 3.63) is 10.6 Å². The van der Waals surface area contributed by atoms with Crippen LogP contribution in [0.4, 0.5) is 13.2 Å². The molecule has 1 aromatic heterocycles. The van der Waals surface area contributed by atoms with Crippen LogP contribution in [-0.2, 0) is 16.0 Å². The normalized spacial score (nSPS) is 13.1. The standard InChI is InChI=1S/C10H12F3N3O2S2/c1-4-6(3-7(17)15-5(2)8(14)18)19-9(16-4)20-10(11,12)13/h5H,3H2,1-2H3,(H2,14,18)(H,15,17)/t5-/m0/s1. The number of alkyl halides is 3. The van der Waals surface area contributed by atoms with Gasteiger partial charge in [0, 0.05) is 16.6 Å². The minimum absolute atomic E-state index is 0.139. The van der Waals surface area contributed by atoms with Crippen LogP contribution in [0.1, 0.15) is 17.5 Å². The summed E-state index contributed by atoms with van der Waals surface area (Å²) in [6.45, 7) is 2.95. The van der Waals surface area contributed by atoms with Crippen LogP contribution in [-0.4, -0.2) is 28.3 Å². The monoisotopic (exact) mass is 327 g/mol. The van der Waals surface area contributed by atoms with E-state index in [9.17, 15) is 22.8 Å². The van der Waals surface area contributed by atoms with E-state index in [0.29, 0.717) is 10.6 Å². The highest BCUT2D eigenvalue weighted by molar-refractivity contribution is 8.01. The van der Waals surface area contributed by atoms with E-state index >= 15 is 0 Å². The van der Waals surface area contributed by atoms with Gasteiger partial charge >= 0.3 is 5.51 Å². The smallest absolute Gasteiger partial charge is 0.368 e. The molecule has 20 heavy (non-hydrogen) atoms. The Hall–Kier alpha value is -1.29. The number of nitrogens with one attached hydrogen (secondary N) is 1. The van der Waals surface area contributed by atoms with E-state index in [1.165, 1.54) is 13.8 Å². The first kappa shape index (κ1) is 16.8. The number of rotatable bonds is 5. The topological polar surface area (TPSA) is 85.1 Å². The number of nitrogens with zero attached hydrogens (tertiary/aromatic N) is 1. The van der Waals surface area contributed by atoms with Crippen LogP contribution in [0.15, 0.2) is 4.34 Å². The number of aryl methyl sites for hydroxylation is 1. The maximum Gasteiger partial charge on any atom is 0.448 e. The average Bonchev–Trinajstić information content (AvgIpc) is 2.55. The van der Waals surface area contributed by atoms with Crippen molar-refractivity contribution in [2.75, 3.05) is 0 Å². The molecule has 112 valence electrons. The van der Waals surface area contributed by atoms with Gasteiger partial charge in [-0.3, -0.25) is 9.59 Å². The predicted molar refractivity (Wildman–Crippen MR) is 69.3 cm³/mol. The fourth-order valence-corrected chi connectivity index (χ4v) is 3.14. The third kappa shape index (κ3) is 5.37. The largest absolute Gasteiger partial charge is 0.448 e. The quantitative estimate of drug-likeness (QED) is 0.805. The number of nitrogens with two attached hydrogens (primary N) is 1. The van der Waals surface area contributed by atoms with Gasteiger partial charge < -0.3 is 11.1 Å². The van der Waals surface area contributed by atoms with Crippen molar-refractivity contribution in [2.45, 2.75) is 36.2 Å². The number of amides is 2.